The fourth-order valence-electron chi connectivity index (χ4n) is 2.35. The standard InChI is InChI=1S/C20H25O3P/c1-4-22-24(21,23-5-2)16-20-14-12-19(13-15-20)11-10-18-8-6-17(3)7-9-18/h6-15H,4-5,16H2,1-3H3/b11-10+. The molecule has 0 aliphatic rings. The van der Waals surface area contributed by atoms with Gasteiger partial charge in [0.05, 0.1) is 19.4 Å². The van der Waals surface area contributed by atoms with Gasteiger partial charge in [0.2, 0.25) is 0 Å². The van der Waals surface area contributed by atoms with Gasteiger partial charge in [0.15, 0.2) is 0 Å². The molecule has 2 aromatic rings. The van der Waals surface area contributed by atoms with E-state index in [0.29, 0.717) is 19.4 Å². The first kappa shape index (κ1) is 18.7. The van der Waals surface area contributed by atoms with E-state index in [1.807, 2.05) is 38.1 Å². The van der Waals surface area contributed by atoms with Crippen LogP contribution in [0.3, 0.4) is 0 Å². The van der Waals surface area contributed by atoms with Gasteiger partial charge < -0.3 is 9.05 Å². The number of aryl methyl sites for hydroxylation is 1. The van der Waals surface area contributed by atoms with Crippen LogP contribution in [0.5, 0.6) is 0 Å². The Morgan fingerprint density at radius 3 is 1.75 bits per heavy atom. The maximum Gasteiger partial charge on any atom is 0.335 e. The molecule has 0 heterocycles. The van der Waals surface area contributed by atoms with Gasteiger partial charge in [-0.25, -0.2) is 0 Å². The van der Waals surface area contributed by atoms with Gasteiger partial charge in [-0.15, -0.1) is 0 Å². The maximum atomic E-state index is 12.5. The van der Waals surface area contributed by atoms with E-state index in [0.717, 1.165) is 11.1 Å². The van der Waals surface area contributed by atoms with Crippen molar-refractivity contribution < 1.29 is 13.6 Å². The van der Waals surface area contributed by atoms with Crippen LogP contribution in [0.2, 0.25) is 0 Å². The molecule has 0 radical (unpaired) electrons. The Bertz CT molecular complexity index is 693. The zero-order chi connectivity index (χ0) is 17.4. The quantitative estimate of drug-likeness (QED) is 0.440. The molecular weight excluding hydrogens is 319 g/mol. The summed E-state index contributed by atoms with van der Waals surface area (Å²) < 4.78 is 23.2. The molecule has 0 saturated heterocycles. The van der Waals surface area contributed by atoms with E-state index in [2.05, 4.69) is 43.3 Å². The highest BCUT2D eigenvalue weighted by Crippen LogP contribution is 2.51. The van der Waals surface area contributed by atoms with Gasteiger partial charge in [0.1, 0.15) is 0 Å². The highest BCUT2D eigenvalue weighted by molar-refractivity contribution is 7.53. The molecule has 0 saturated carbocycles. The lowest BCUT2D eigenvalue weighted by atomic mass is 10.1. The van der Waals surface area contributed by atoms with Crippen LogP contribution in [0, 0.1) is 6.92 Å². The molecule has 0 fully saturated rings. The zero-order valence-corrected chi connectivity index (χ0v) is 15.5. The molecule has 3 nitrogen and oxygen atoms in total. The Labute approximate surface area is 144 Å². The molecule has 0 spiro atoms. The SMILES string of the molecule is CCOP(=O)(Cc1ccc(/C=C/c2ccc(C)cc2)cc1)OCC. The van der Waals surface area contributed by atoms with Crippen LogP contribution >= 0.6 is 7.60 Å². The topological polar surface area (TPSA) is 35.5 Å². The minimum atomic E-state index is -3.04. The second kappa shape index (κ2) is 8.98. The molecule has 0 unspecified atom stereocenters. The van der Waals surface area contributed by atoms with Crippen molar-refractivity contribution in [3.05, 3.63) is 70.8 Å². The van der Waals surface area contributed by atoms with E-state index >= 15 is 0 Å². The molecule has 0 N–H and O–H groups in total. The van der Waals surface area contributed by atoms with Crippen molar-refractivity contribution in [3.63, 3.8) is 0 Å². The molecule has 0 amide bonds. The number of benzene rings is 2. The third-order valence-corrected chi connectivity index (χ3v) is 5.61. The van der Waals surface area contributed by atoms with Crippen molar-refractivity contribution in [1.29, 1.82) is 0 Å². The molecule has 0 aliphatic heterocycles. The van der Waals surface area contributed by atoms with E-state index < -0.39 is 7.60 Å². The summed E-state index contributed by atoms with van der Waals surface area (Å²) in [5, 5.41) is 0. The van der Waals surface area contributed by atoms with Gasteiger partial charge in [-0.2, -0.15) is 0 Å². The Hall–Kier alpha value is -1.67. The van der Waals surface area contributed by atoms with Crippen LogP contribution in [0.1, 0.15) is 36.1 Å². The van der Waals surface area contributed by atoms with Gasteiger partial charge in [0.25, 0.3) is 0 Å². The molecule has 0 aliphatic carbocycles. The Morgan fingerprint density at radius 1 is 0.833 bits per heavy atom. The first-order valence-corrected chi connectivity index (χ1v) is 9.99. The Morgan fingerprint density at radius 2 is 1.29 bits per heavy atom. The summed E-state index contributed by atoms with van der Waals surface area (Å²) in [6.07, 6.45) is 4.45. The second-order valence-electron chi connectivity index (χ2n) is 5.59. The summed E-state index contributed by atoms with van der Waals surface area (Å²) in [7, 11) is -3.04. The van der Waals surface area contributed by atoms with E-state index in [1.54, 1.807) is 0 Å². The van der Waals surface area contributed by atoms with E-state index in [9.17, 15) is 4.57 Å². The Kier molecular flexibility index (Phi) is 6.99. The van der Waals surface area contributed by atoms with E-state index in [-0.39, 0.29) is 0 Å². The monoisotopic (exact) mass is 344 g/mol. The summed E-state index contributed by atoms with van der Waals surface area (Å²) in [6, 6.07) is 16.4. The third-order valence-electron chi connectivity index (χ3n) is 3.55. The van der Waals surface area contributed by atoms with Crippen molar-refractivity contribution in [2.45, 2.75) is 26.9 Å². The van der Waals surface area contributed by atoms with Gasteiger partial charge in [-0.05, 0) is 37.5 Å². The number of hydrogen-bond acceptors (Lipinski definition) is 3. The molecule has 0 aromatic heterocycles. The first-order valence-electron chi connectivity index (χ1n) is 8.26. The summed E-state index contributed by atoms with van der Waals surface area (Å²) in [5.74, 6) is 0. The Balaban J connectivity index is 2.04. The molecular formula is C20H25O3P. The first-order chi connectivity index (χ1) is 11.5. The van der Waals surface area contributed by atoms with Gasteiger partial charge in [0, 0.05) is 0 Å². The van der Waals surface area contributed by atoms with Crippen LogP contribution in [0.25, 0.3) is 12.2 Å². The minimum absolute atomic E-state index is 0.302. The van der Waals surface area contributed by atoms with Crippen LogP contribution in [-0.2, 0) is 19.8 Å². The normalized spacial score (nSPS) is 12.0. The highest BCUT2D eigenvalue weighted by Gasteiger charge is 2.23. The van der Waals surface area contributed by atoms with Crippen molar-refractivity contribution in [1.82, 2.24) is 0 Å². The molecule has 0 bridgehead atoms. The van der Waals surface area contributed by atoms with Crippen molar-refractivity contribution >= 4 is 19.7 Å². The molecule has 128 valence electrons. The van der Waals surface area contributed by atoms with Gasteiger partial charge in [-0.1, -0.05) is 66.2 Å². The van der Waals surface area contributed by atoms with E-state index in [4.69, 9.17) is 9.05 Å². The zero-order valence-electron chi connectivity index (χ0n) is 14.6. The summed E-state index contributed by atoms with van der Waals surface area (Å²) in [4.78, 5) is 0. The van der Waals surface area contributed by atoms with Crippen LogP contribution < -0.4 is 0 Å². The minimum Gasteiger partial charge on any atom is -0.309 e. The largest absolute Gasteiger partial charge is 0.335 e. The lowest BCUT2D eigenvalue weighted by molar-refractivity contribution is 0.219. The number of rotatable bonds is 8. The van der Waals surface area contributed by atoms with Crippen molar-refractivity contribution in [3.8, 4) is 0 Å². The fourth-order valence-corrected chi connectivity index (χ4v) is 4.05. The number of hydrogen-bond donors (Lipinski definition) is 0. The summed E-state index contributed by atoms with van der Waals surface area (Å²) in [5.41, 5.74) is 4.47. The lowest BCUT2D eigenvalue weighted by Gasteiger charge is -2.16. The molecule has 4 heteroatoms. The van der Waals surface area contributed by atoms with E-state index in [1.165, 1.54) is 11.1 Å². The predicted octanol–water partition coefficient (Wildman–Crippen LogP) is 5.93. The molecule has 2 rings (SSSR count). The average Bonchev–Trinajstić information content (AvgIpc) is 2.56. The van der Waals surface area contributed by atoms with Crippen LogP contribution in [-0.4, -0.2) is 13.2 Å². The van der Waals surface area contributed by atoms with Crippen molar-refractivity contribution in [2.75, 3.05) is 13.2 Å². The van der Waals surface area contributed by atoms with Crippen LogP contribution in [0.4, 0.5) is 0 Å². The highest BCUT2D eigenvalue weighted by atomic mass is 31.2. The van der Waals surface area contributed by atoms with Gasteiger partial charge in [-0.3, -0.25) is 4.57 Å². The maximum absolute atomic E-state index is 12.5. The van der Waals surface area contributed by atoms with Crippen molar-refractivity contribution in [2.24, 2.45) is 0 Å². The fraction of sp³-hybridized carbons (Fsp3) is 0.300. The average molecular weight is 344 g/mol. The molecule has 2 aromatic carbocycles. The lowest BCUT2D eigenvalue weighted by Crippen LogP contribution is -1.99. The summed E-state index contributed by atoms with van der Waals surface area (Å²) in [6.45, 7) is 6.49. The van der Waals surface area contributed by atoms with Gasteiger partial charge >= 0.3 is 7.60 Å². The predicted molar refractivity (Wildman–Crippen MR) is 101 cm³/mol. The molecule has 24 heavy (non-hydrogen) atoms. The van der Waals surface area contributed by atoms with Crippen LogP contribution in [0.15, 0.2) is 48.5 Å². The molecule has 0 atom stereocenters. The summed E-state index contributed by atoms with van der Waals surface area (Å²) >= 11 is 0. The third kappa shape index (κ3) is 5.76. The smallest absolute Gasteiger partial charge is 0.309 e. The second-order valence-corrected chi connectivity index (χ2v) is 7.64.